The van der Waals surface area contributed by atoms with Gasteiger partial charge in [0, 0.05) is 11.9 Å². The van der Waals surface area contributed by atoms with Gasteiger partial charge in [-0.2, -0.15) is 0 Å². The molecule has 0 fully saturated rings. The largest absolute Gasteiger partial charge is 0.322 e. The second kappa shape index (κ2) is 5.09. The van der Waals surface area contributed by atoms with Crippen LogP contribution in [0.3, 0.4) is 0 Å². The third kappa shape index (κ3) is 2.59. The number of hydrogen-bond donors (Lipinski definition) is 3. The summed E-state index contributed by atoms with van der Waals surface area (Å²) in [6.07, 6.45) is 1.56. The molecule has 5 nitrogen and oxygen atoms in total. The predicted molar refractivity (Wildman–Crippen MR) is 66.4 cm³/mol. The quantitative estimate of drug-likeness (QED) is 0.551. The van der Waals surface area contributed by atoms with Gasteiger partial charge in [0.15, 0.2) is 5.82 Å². The highest BCUT2D eigenvalue weighted by Gasteiger charge is 2.11. The van der Waals surface area contributed by atoms with Crippen molar-refractivity contribution in [2.45, 2.75) is 0 Å². The number of benzene rings is 1. The second-order valence-electron chi connectivity index (χ2n) is 3.36. The van der Waals surface area contributed by atoms with E-state index in [0.29, 0.717) is 11.4 Å². The molecule has 0 atom stereocenters. The number of para-hydroxylation sites is 1. The van der Waals surface area contributed by atoms with Crippen LogP contribution < -0.4 is 16.6 Å². The molecule has 4 N–H and O–H groups in total. The normalized spacial score (nSPS) is 9.71. The first kappa shape index (κ1) is 11.1. The summed E-state index contributed by atoms with van der Waals surface area (Å²) in [5, 5.41) is 2.76. The average molecular weight is 228 g/mol. The smallest absolute Gasteiger partial charge is 0.259 e. The third-order valence-electron chi connectivity index (χ3n) is 2.22. The highest BCUT2D eigenvalue weighted by atomic mass is 16.1. The van der Waals surface area contributed by atoms with Gasteiger partial charge in [0.25, 0.3) is 5.91 Å². The van der Waals surface area contributed by atoms with Crippen LogP contribution >= 0.6 is 0 Å². The molecule has 1 aromatic carbocycles. The van der Waals surface area contributed by atoms with Crippen molar-refractivity contribution >= 4 is 17.4 Å². The minimum atomic E-state index is -0.253. The minimum Gasteiger partial charge on any atom is -0.322 e. The Hall–Kier alpha value is -2.40. The highest BCUT2D eigenvalue weighted by molar-refractivity contribution is 6.07. The van der Waals surface area contributed by atoms with E-state index in [4.69, 9.17) is 5.84 Å². The maximum Gasteiger partial charge on any atom is 0.259 e. The molecule has 1 heterocycles. The molecule has 0 aliphatic carbocycles. The summed E-state index contributed by atoms with van der Waals surface area (Å²) in [7, 11) is 0. The Kier molecular flexibility index (Phi) is 3.32. The van der Waals surface area contributed by atoms with E-state index in [9.17, 15) is 4.79 Å². The number of nitrogens with two attached hydrogens (primary N) is 1. The van der Waals surface area contributed by atoms with Crippen molar-refractivity contribution in [3.05, 3.63) is 54.2 Å². The fraction of sp³-hybridized carbons (Fsp3) is 0. The van der Waals surface area contributed by atoms with Crippen LogP contribution in [0.15, 0.2) is 48.7 Å². The van der Waals surface area contributed by atoms with Gasteiger partial charge in [0.2, 0.25) is 0 Å². The molecule has 0 aliphatic heterocycles. The maximum absolute atomic E-state index is 11.9. The molecule has 86 valence electrons. The number of nitrogens with one attached hydrogen (secondary N) is 2. The fourth-order valence-corrected chi connectivity index (χ4v) is 1.42. The summed E-state index contributed by atoms with van der Waals surface area (Å²) in [4.78, 5) is 15.9. The van der Waals surface area contributed by atoms with E-state index in [1.54, 1.807) is 18.3 Å². The third-order valence-corrected chi connectivity index (χ3v) is 2.22. The summed E-state index contributed by atoms with van der Waals surface area (Å²) < 4.78 is 0. The van der Waals surface area contributed by atoms with Crippen LogP contribution in [0, 0.1) is 0 Å². The van der Waals surface area contributed by atoms with Gasteiger partial charge in [0.1, 0.15) is 0 Å². The number of nitrogens with zero attached hydrogens (tertiary/aromatic N) is 1. The molecule has 0 spiro atoms. The molecular formula is C12H12N4O. The zero-order chi connectivity index (χ0) is 12.1. The van der Waals surface area contributed by atoms with E-state index in [2.05, 4.69) is 15.7 Å². The van der Waals surface area contributed by atoms with Crippen LogP contribution in [0.25, 0.3) is 0 Å². The Morgan fingerprint density at radius 2 is 1.88 bits per heavy atom. The van der Waals surface area contributed by atoms with Gasteiger partial charge in [-0.05, 0) is 24.3 Å². The standard InChI is InChI=1S/C12H12N4O/c13-16-11-10(7-4-8-14-11)12(17)15-9-5-2-1-3-6-9/h1-8H,13H2,(H,14,16)(H,15,17). The van der Waals surface area contributed by atoms with Gasteiger partial charge in [-0.15, -0.1) is 0 Å². The lowest BCUT2D eigenvalue weighted by atomic mass is 10.2. The van der Waals surface area contributed by atoms with Gasteiger partial charge >= 0.3 is 0 Å². The maximum atomic E-state index is 11.9. The van der Waals surface area contributed by atoms with Crippen molar-refractivity contribution in [3.8, 4) is 0 Å². The lowest BCUT2D eigenvalue weighted by Gasteiger charge is -2.08. The average Bonchev–Trinajstić information content (AvgIpc) is 2.40. The lowest BCUT2D eigenvalue weighted by Crippen LogP contribution is -2.18. The second-order valence-corrected chi connectivity index (χ2v) is 3.36. The summed E-state index contributed by atoms with van der Waals surface area (Å²) in [6, 6.07) is 12.5. The van der Waals surface area contributed by atoms with Crippen LogP contribution in [0.2, 0.25) is 0 Å². The van der Waals surface area contributed by atoms with E-state index >= 15 is 0 Å². The van der Waals surface area contributed by atoms with Gasteiger partial charge in [-0.1, -0.05) is 18.2 Å². The van der Waals surface area contributed by atoms with E-state index in [0.717, 1.165) is 5.69 Å². The zero-order valence-electron chi connectivity index (χ0n) is 9.05. The molecule has 5 heteroatoms. The molecule has 0 saturated heterocycles. The van der Waals surface area contributed by atoms with Crippen LogP contribution in [-0.4, -0.2) is 10.9 Å². The van der Waals surface area contributed by atoms with Crippen molar-refractivity contribution in [2.75, 3.05) is 10.7 Å². The molecule has 1 aromatic heterocycles. The Bertz CT molecular complexity index is 513. The summed E-state index contributed by atoms with van der Waals surface area (Å²) in [5.74, 6) is 5.38. The van der Waals surface area contributed by atoms with E-state index in [-0.39, 0.29) is 5.91 Å². The van der Waals surface area contributed by atoms with Crippen LogP contribution in [-0.2, 0) is 0 Å². The lowest BCUT2D eigenvalue weighted by molar-refractivity contribution is 0.102. The van der Waals surface area contributed by atoms with Crippen LogP contribution in [0.4, 0.5) is 11.5 Å². The molecule has 0 radical (unpaired) electrons. The number of anilines is 2. The van der Waals surface area contributed by atoms with Gasteiger partial charge in [-0.25, -0.2) is 10.8 Å². The number of nitrogen functional groups attached to an aromatic ring is 1. The van der Waals surface area contributed by atoms with Crippen molar-refractivity contribution in [3.63, 3.8) is 0 Å². The summed E-state index contributed by atoms with van der Waals surface area (Å²) >= 11 is 0. The molecule has 2 aromatic rings. The molecular weight excluding hydrogens is 216 g/mol. The number of carbonyl (C=O) groups is 1. The Balaban J connectivity index is 2.20. The summed E-state index contributed by atoms with van der Waals surface area (Å²) in [6.45, 7) is 0. The van der Waals surface area contributed by atoms with Crippen LogP contribution in [0.1, 0.15) is 10.4 Å². The topological polar surface area (TPSA) is 80.0 Å². The molecule has 2 rings (SSSR count). The van der Waals surface area contributed by atoms with Crippen molar-refractivity contribution in [2.24, 2.45) is 5.84 Å². The first-order chi connectivity index (χ1) is 8.31. The van der Waals surface area contributed by atoms with E-state index < -0.39 is 0 Å². The molecule has 17 heavy (non-hydrogen) atoms. The monoisotopic (exact) mass is 228 g/mol. The van der Waals surface area contributed by atoms with E-state index in [1.165, 1.54) is 0 Å². The zero-order valence-corrected chi connectivity index (χ0v) is 9.05. The fourth-order valence-electron chi connectivity index (χ4n) is 1.42. The van der Waals surface area contributed by atoms with Gasteiger partial charge in [0.05, 0.1) is 5.56 Å². The first-order valence-electron chi connectivity index (χ1n) is 5.09. The number of hydrogen-bond acceptors (Lipinski definition) is 4. The van der Waals surface area contributed by atoms with Crippen molar-refractivity contribution in [1.29, 1.82) is 0 Å². The number of pyridine rings is 1. The Morgan fingerprint density at radius 1 is 1.12 bits per heavy atom. The number of amides is 1. The highest BCUT2D eigenvalue weighted by Crippen LogP contribution is 2.13. The van der Waals surface area contributed by atoms with Gasteiger partial charge in [-0.3, -0.25) is 4.79 Å². The predicted octanol–water partition coefficient (Wildman–Crippen LogP) is 1.62. The number of hydrazine groups is 1. The molecule has 0 unspecified atom stereocenters. The SMILES string of the molecule is NNc1ncccc1C(=O)Nc1ccccc1. The molecule has 0 bridgehead atoms. The molecule has 0 saturated carbocycles. The van der Waals surface area contributed by atoms with Crippen LogP contribution in [0.5, 0.6) is 0 Å². The van der Waals surface area contributed by atoms with Gasteiger partial charge < -0.3 is 10.7 Å². The number of aromatic nitrogens is 1. The molecule has 0 aliphatic rings. The minimum absolute atomic E-state index is 0.253. The van der Waals surface area contributed by atoms with Crippen molar-refractivity contribution in [1.82, 2.24) is 4.98 Å². The summed E-state index contributed by atoms with van der Waals surface area (Å²) in [5.41, 5.74) is 3.52. The molecule has 1 amide bonds. The Morgan fingerprint density at radius 3 is 2.59 bits per heavy atom. The first-order valence-corrected chi connectivity index (χ1v) is 5.09. The number of rotatable bonds is 3. The Labute approximate surface area is 98.6 Å². The van der Waals surface area contributed by atoms with E-state index in [1.807, 2.05) is 30.3 Å². The number of carbonyl (C=O) groups excluding carboxylic acids is 1. The van der Waals surface area contributed by atoms with Crippen molar-refractivity contribution < 1.29 is 4.79 Å².